The normalized spacial score (nSPS) is 13.4. The third-order valence-corrected chi connectivity index (χ3v) is 4.33. The minimum Gasteiger partial charge on any atom is -0.377 e. The smallest absolute Gasteiger partial charge is 0.253 e. The van der Waals surface area contributed by atoms with Crippen molar-refractivity contribution in [2.45, 2.75) is 6.61 Å². The maximum absolute atomic E-state index is 11.3. The maximum atomic E-state index is 11.3. The lowest BCUT2D eigenvalue weighted by atomic mass is 10.2. The first-order chi connectivity index (χ1) is 15.8. The van der Waals surface area contributed by atoms with Crippen molar-refractivity contribution >= 4 is 11.8 Å². The predicted molar refractivity (Wildman–Crippen MR) is 116 cm³/mol. The lowest BCUT2D eigenvalue weighted by Gasteiger charge is -2.13. The number of hydrogen-bond donors (Lipinski definition) is 0. The molecular formula is C23H33NO8. The van der Waals surface area contributed by atoms with Crippen LogP contribution in [0.4, 0.5) is 0 Å². The van der Waals surface area contributed by atoms with E-state index in [2.05, 4.69) is 0 Å². The van der Waals surface area contributed by atoms with Crippen LogP contribution in [0.25, 0.3) is 0 Å². The van der Waals surface area contributed by atoms with Crippen molar-refractivity contribution in [3.05, 3.63) is 48.0 Å². The summed E-state index contributed by atoms with van der Waals surface area (Å²) < 4.78 is 32.6. The Morgan fingerprint density at radius 1 is 0.531 bits per heavy atom. The Hall–Kier alpha value is -2.14. The van der Waals surface area contributed by atoms with Crippen molar-refractivity contribution in [1.82, 2.24) is 4.90 Å². The molecule has 0 atom stereocenters. The van der Waals surface area contributed by atoms with Gasteiger partial charge in [0.2, 0.25) is 0 Å². The lowest BCUT2D eigenvalue weighted by molar-refractivity contribution is -0.137. The molecule has 9 nitrogen and oxygen atoms in total. The van der Waals surface area contributed by atoms with Gasteiger partial charge in [0.05, 0.1) is 85.8 Å². The second-order valence-electron chi connectivity index (χ2n) is 6.76. The highest BCUT2D eigenvalue weighted by molar-refractivity contribution is 6.12. The molecule has 0 spiro atoms. The van der Waals surface area contributed by atoms with Gasteiger partial charge in [0.25, 0.3) is 11.8 Å². The number of hydrogen-bond acceptors (Lipinski definition) is 8. The minimum atomic E-state index is -0.298. The summed E-state index contributed by atoms with van der Waals surface area (Å²) in [7, 11) is 0. The summed E-state index contributed by atoms with van der Waals surface area (Å²) in [5, 5.41) is 0. The molecule has 1 aromatic rings. The van der Waals surface area contributed by atoms with E-state index in [0.29, 0.717) is 79.3 Å². The van der Waals surface area contributed by atoms with E-state index in [9.17, 15) is 9.59 Å². The van der Waals surface area contributed by atoms with E-state index in [4.69, 9.17) is 28.4 Å². The Balaban J connectivity index is 1.22. The third kappa shape index (κ3) is 12.0. The van der Waals surface area contributed by atoms with Crippen LogP contribution in [0.15, 0.2) is 42.5 Å². The zero-order valence-electron chi connectivity index (χ0n) is 18.4. The van der Waals surface area contributed by atoms with E-state index < -0.39 is 0 Å². The number of amides is 2. The van der Waals surface area contributed by atoms with Crippen LogP contribution < -0.4 is 0 Å². The van der Waals surface area contributed by atoms with E-state index in [1.807, 2.05) is 30.3 Å². The Kier molecular flexibility index (Phi) is 14.2. The molecule has 0 saturated heterocycles. The van der Waals surface area contributed by atoms with Gasteiger partial charge in [0.15, 0.2) is 0 Å². The van der Waals surface area contributed by atoms with E-state index in [-0.39, 0.29) is 18.4 Å². The molecular weight excluding hydrogens is 418 g/mol. The van der Waals surface area contributed by atoms with Gasteiger partial charge in [0.1, 0.15) is 0 Å². The zero-order valence-corrected chi connectivity index (χ0v) is 18.4. The quantitative estimate of drug-likeness (QED) is 0.216. The fourth-order valence-electron chi connectivity index (χ4n) is 2.67. The average molecular weight is 452 g/mol. The van der Waals surface area contributed by atoms with Gasteiger partial charge in [-0.1, -0.05) is 30.3 Å². The molecule has 1 aliphatic rings. The van der Waals surface area contributed by atoms with Crippen LogP contribution in [0.5, 0.6) is 0 Å². The summed E-state index contributed by atoms with van der Waals surface area (Å²) in [6.07, 6.45) is 2.52. The number of nitrogens with zero attached hydrogens (tertiary/aromatic N) is 1. The first-order valence-electron chi connectivity index (χ1n) is 10.8. The van der Waals surface area contributed by atoms with E-state index >= 15 is 0 Å². The molecule has 2 rings (SSSR count). The summed E-state index contributed by atoms with van der Waals surface area (Å²) in [4.78, 5) is 23.8. The van der Waals surface area contributed by atoms with Crippen molar-refractivity contribution < 1.29 is 38.0 Å². The number of benzene rings is 1. The van der Waals surface area contributed by atoms with Crippen LogP contribution in [0.1, 0.15) is 5.56 Å². The van der Waals surface area contributed by atoms with E-state index in [0.717, 1.165) is 10.5 Å². The largest absolute Gasteiger partial charge is 0.377 e. The Morgan fingerprint density at radius 2 is 0.938 bits per heavy atom. The summed E-state index contributed by atoms with van der Waals surface area (Å²) in [5.41, 5.74) is 1.15. The number of rotatable bonds is 20. The second-order valence-corrected chi connectivity index (χ2v) is 6.76. The van der Waals surface area contributed by atoms with Gasteiger partial charge in [-0.05, 0) is 5.56 Å². The number of carbonyl (C=O) groups is 2. The molecule has 1 aliphatic heterocycles. The van der Waals surface area contributed by atoms with Gasteiger partial charge in [-0.25, -0.2) is 0 Å². The lowest BCUT2D eigenvalue weighted by Crippen LogP contribution is -2.33. The molecule has 2 amide bonds. The molecule has 1 aromatic carbocycles. The molecule has 0 bridgehead atoms. The minimum absolute atomic E-state index is 0.251. The monoisotopic (exact) mass is 451 g/mol. The topological polar surface area (TPSA) is 92.8 Å². The maximum Gasteiger partial charge on any atom is 0.253 e. The summed E-state index contributed by atoms with van der Waals surface area (Å²) in [6.45, 7) is 6.01. The standard InChI is InChI=1S/C23H33NO8/c25-22-6-7-23(26)24(22)8-9-27-10-11-28-12-13-29-14-15-30-16-17-31-18-19-32-20-21-4-2-1-3-5-21/h1-7H,8-20H2. The fourth-order valence-corrected chi connectivity index (χ4v) is 2.67. The first kappa shape index (κ1) is 26.1. The van der Waals surface area contributed by atoms with Crippen molar-refractivity contribution in [2.24, 2.45) is 0 Å². The Bertz CT molecular complexity index is 649. The highest BCUT2D eigenvalue weighted by Gasteiger charge is 2.22. The van der Waals surface area contributed by atoms with Crippen LogP contribution in [-0.4, -0.2) is 95.9 Å². The second kappa shape index (κ2) is 17.4. The molecule has 0 radical (unpaired) electrons. The number of imide groups is 1. The van der Waals surface area contributed by atoms with E-state index in [1.54, 1.807) is 0 Å². The van der Waals surface area contributed by atoms with Gasteiger partial charge in [-0.3, -0.25) is 14.5 Å². The summed E-state index contributed by atoms with van der Waals surface area (Å²) in [6, 6.07) is 10.0. The number of ether oxygens (including phenoxy) is 6. The molecule has 0 fully saturated rings. The third-order valence-electron chi connectivity index (χ3n) is 4.33. The highest BCUT2D eigenvalue weighted by atomic mass is 16.6. The molecule has 178 valence electrons. The SMILES string of the molecule is O=C1C=CC(=O)N1CCOCCOCCOCCOCCOCCOCc1ccccc1. The van der Waals surface area contributed by atoms with Gasteiger partial charge in [-0.2, -0.15) is 0 Å². The molecule has 0 aliphatic carbocycles. The van der Waals surface area contributed by atoms with Crippen molar-refractivity contribution in [1.29, 1.82) is 0 Å². The van der Waals surface area contributed by atoms with Crippen LogP contribution >= 0.6 is 0 Å². The van der Waals surface area contributed by atoms with Gasteiger partial charge in [-0.15, -0.1) is 0 Å². The summed E-state index contributed by atoms with van der Waals surface area (Å²) in [5.74, 6) is -0.597. The van der Waals surface area contributed by atoms with Crippen molar-refractivity contribution in [3.8, 4) is 0 Å². The zero-order chi connectivity index (χ0) is 22.7. The fraction of sp³-hybridized carbons (Fsp3) is 0.565. The van der Waals surface area contributed by atoms with Gasteiger partial charge < -0.3 is 28.4 Å². The van der Waals surface area contributed by atoms with Crippen LogP contribution in [0.2, 0.25) is 0 Å². The molecule has 9 heteroatoms. The highest BCUT2D eigenvalue weighted by Crippen LogP contribution is 2.02. The van der Waals surface area contributed by atoms with Crippen molar-refractivity contribution in [2.75, 3.05) is 79.2 Å². The summed E-state index contributed by atoms with van der Waals surface area (Å²) >= 11 is 0. The molecule has 0 unspecified atom stereocenters. The molecule has 0 N–H and O–H groups in total. The van der Waals surface area contributed by atoms with Crippen LogP contribution in [0, 0.1) is 0 Å². The molecule has 0 aromatic heterocycles. The van der Waals surface area contributed by atoms with Gasteiger partial charge in [0, 0.05) is 12.2 Å². The average Bonchev–Trinajstić information content (AvgIpc) is 3.13. The van der Waals surface area contributed by atoms with Crippen molar-refractivity contribution in [3.63, 3.8) is 0 Å². The van der Waals surface area contributed by atoms with E-state index in [1.165, 1.54) is 12.2 Å². The van der Waals surface area contributed by atoms with Crippen LogP contribution in [-0.2, 0) is 44.6 Å². The molecule has 1 heterocycles. The molecule has 0 saturated carbocycles. The molecule has 32 heavy (non-hydrogen) atoms. The Labute approximate surface area is 189 Å². The first-order valence-corrected chi connectivity index (χ1v) is 10.8. The van der Waals surface area contributed by atoms with Crippen LogP contribution in [0.3, 0.4) is 0 Å². The van der Waals surface area contributed by atoms with Gasteiger partial charge >= 0.3 is 0 Å². The predicted octanol–water partition coefficient (Wildman–Crippen LogP) is 1.21. The number of carbonyl (C=O) groups excluding carboxylic acids is 2. The Morgan fingerprint density at radius 3 is 1.41 bits per heavy atom.